The minimum absolute atomic E-state index is 0.108. The average molecular weight is 297 g/mol. The van der Waals surface area contributed by atoms with Crippen LogP contribution in [0.25, 0.3) is 0 Å². The summed E-state index contributed by atoms with van der Waals surface area (Å²) >= 11 is 6.00. The Morgan fingerprint density at radius 3 is 2.74 bits per heavy atom. The van der Waals surface area contributed by atoms with Crippen molar-refractivity contribution in [2.45, 2.75) is 11.4 Å². The minimum atomic E-state index is -1.26. The van der Waals surface area contributed by atoms with E-state index in [1.807, 2.05) is 0 Å². The molecule has 0 aliphatic heterocycles. The summed E-state index contributed by atoms with van der Waals surface area (Å²) < 4.78 is 13.6. The first-order valence-electron chi connectivity index (χ1n) is 5.67. The molecule has 6 heteroatoms. The molecule has 100 valence electrons. The molecule has 1 aromatic carbocycles. The molecule has 1 atom stereocenters. The number of nitrogens with two attached hydrogens (primary N) is 1. The van der Waals surface area contributed by atoms with Crippen molar-refractivity contribution >= 4 is 28.1 Å². The van der Waals surface area contributed by atoms with Gasteiger partial charge in [-0.25, -0.2) is 0 Å². The highest BCUT2D eigenvalue weighted by molar-refractivity contribution is 7.85. The van der Waals surface area contributed by atoms with Crippen molar-refractivity contribution in [3.63, 3.8) is 0 Å². The Bertz CT molecular complexity index is 670. The average Bonchev–Trinajstić information content (AvgIpc) is 2.37. The highest BCUT2D eigenvalue weighted by Crippen LogP contribution is 2.22. The number of nitrogen functional groups attached to an aromatic ring is 1. The first-order chi connectivity index (χ1) is 9.08. The molecule has 1 heterocycles. The molecule has 2 rings (SSSR count). The predicted molar refractivity (Wildman–Crippen MR) is 77.8 cm³/mol. The molecule has 1 unspecified atom stereocenters. The number of benzene rings is 1. The van der Waals surface area contributed by atoms with Gasteiger partial charge >= 0.3 is 0 Å². The Kier molecular flexibility index (Phi) is 4.39. The van der Waals surface area contributed by atoms with Crippen molar-refractivity contribution in [1.29, 1.82) is 0 Å². The third kappa shape index (κ3) is 3.45. The SMILES string of the molecule is Nc1ccc(S(=O)CCn2ccccc2=O)c(Cl)c1. The predicted octanol–water partition coefficient (Wildman–Crippen LogP) is 1.89. The third-order valence-corrected chi connectivity index (χ3v) is 4.44. The number of rotatable bonds is 4. The van der Waals surface area contributed by atoms with E-state index >= 15 is 0 Å². The summed E-state index contributed by atoms with van der Waals surface area (Å²) in [6.07, 6.45) is 1.67. The molecule has 4 nitrogen and oxygen atoms in total. The van der Waals surface area contributed by atoms with Crippen LogP contribution in [0.3, 0.4) is 0 Å². The van der Waals surface area contributed by atoms with Gasteiger partial charge in [-0.3, -0.25) is 9.00 Å². The summed E-state index contributed by atoms with van der Waals surface area (Å²) in [6.45, 7) is 0.382. The van der Waals surface area contributed by atoms with Gasteiger partial charge in [-0.1, -0.05) is 17.7 Å². The van der Waals surface area contributed by atoms with Gasteiger partial charge in [0.1, 0.15) is 0 Å². The Hall–Kier alpha value is -1.59. The molecule has 0 saturated carbocycles. The summed E-state index contributed by atoms with van der Waals surface area (Å²) in [5, 5.41) is 0.388. The quantitative estimate of drug-likeness (QED) is 0.876. The second-order valence-corrected chi connectivity index (χ2v) is 5.92. The zero-order chi connectivity index (χ0) is 13.8. The van der Waals surface area contributed by atoms with E-state index in [9.17, 15) is 9.00 Å². The molecule has 2 aromatic rings. The van der Waals surface area contributed by atoms with Gasteiger partial charge in [0, 0.05) is 30.2 Å². The number of pyridine rings is 1. The van der Waals surface area contributed by atoms with E-state index in [1.54, 1.807) is 36.5 Å². The van der Waals surface area contributed by atoms with Crippen LogP contribution in [0.2, 0.25) is 5.02 Å². The van der Waals surface area contributed by atoms with Gasteiger partial charge in [0.2, 0.25) is 0 Å². The molecule has 0 fully saturated rings. The summed E-state index contributed by atoms with van der Waals surface area (Å²) in [6, 6.07) is 9.80. The fourth-order valence-electron chi connectivity index (χ4n) is 1.64. The van der Waals surface area contributed by atoms with Crippen LogP contribution in [0.4, 0.5) is 5.69 Å². The first-order valence-corrected chi connectivity index (χ1v) is 7.36. The van der Waals surface area contributed by atoms with Crippen molar-refractivity contribution in [2.75, 3.05) is 11.5 Å². The highest BCUT2D eigenvalue weighted by Gasteiger charge is 2.09. The second-order valence-electron chi connectivity index (χ2n) is 3.97. The van der Waals surface area contributed by atoms with Gasteiger partial charge in [-0.15, -0.1) is 0 Å². The van der Waals surface area contributed by atoms with Gasteiger partial charge in [0.25, 0.3) is 5.56 Å². The van der Waals surface area contributed by atoms with E-state index in [1.165, 1.54) is 10.6 Å². The van der Waals surface area contributed by atoms with E-state index < -0.39 is 10.8 Å². The Morgan fingerprint density at radius 2 is 2.05 bits per heavy atom. The zero-order valence-electron chi connectivity index (χ0n) is 10.1. The van der Waals surface area contributed by atoms with Crippen LogP contribution >= 0.6 is 11.6 Å². The number of anilines is 1. The Balaban J connectivity index is 2.10. The van der Waals surface area contributed by atoms with Gasteiger partial charge in [-0.2, -0.15) is 0 Å². The van der Waals surface area contributed by atoms with Gasteiger partial charge in [-0.05, 0) is 24.3 Å². The fourth-order valence-corrected chi connectivity index (χ4v) is 3.16. The summed E-state index contributed by atoms with van der Waals surface area (Å²) in [4.78, 5) is 12.0. The van der Waals surface area contributed by atoms with Crippen LogP contribution in [0.5, 0.6) is 0 Å². The van der Waals surface area contributed by atoms with Crippen LogP contribution in [0.15, 0.2) is 52.3 Å². The van der Waals surface area contributed by atoms with Crippen LogP contribution in [0.1, 0.15) is 0 Å². The lowest BCUT2D eigenvalue weighted by Crippen LogP contribution is -2.20. The fraction of sp³-hybridized carbons (Fsp3) is 0.154. The van der Waals surface area contributed by atoms with Crippen LogP contribution < -0.4 is 11.3 Å². The second kappa shape index (κ2) is 6.04. The van der Waals surface area contributed by atoms with Gasteiger partial charge < -0.3 is 10.3 Å². The van der Waals surface area contributed by atoms with Crippen LogP contribution in [-0.4, -0.2) is 14.5 Å². The van der Waals surface area contributed by atoms with Gasteiger partial charge in [0.05, 0.1) is 20.7 Å². The molecule has 1 aromatic heterocycles. The molecule has 19 heavy (non-hydrogen) atoms. The zero-order valence-corrected chi connectivity index (χ0v) is 11.7. The van der Waals surface area contributed by atoms with E-state index in [-0.39, 0.29) is 5.56 Å². The van der Waals surface area contributed by atoms with Crippen LogP contribution in [0, 0.1) is 0 Å². The largest absolute Gasteiger partial charge is 0.399 e. The number of aryl methyl sites for hydroxylation is 1. The lowest BCUT2D eigenvalue weighted by atomic mass is 10.3. The smallest absolute Gasteiger partial charge is 0.250 e. The number of hydrogen-bond donors (Lipinski definition) is 1. The maximum absolute atomic E-state index is 12.1. The monoisotopic (exact) mass is 296 g/mol. The molecule has 0 amide bonds. The molecule has 0 radical (unpaired) electrons. The molecule has 0 aliphatic rings. The molecular formula is C13H13ClN2O2S. The lowest BCUT2D eigenvalue weighted by Gasteiger charge is -2.07. The van der Waals surface area contributed by atoms with Crippen molar-refractivity contribution in [3.05, 3.63) is 58.0 Å². The number of aromatic nitrogens is 1. The van der Waals surface area contributed by atoms with Crippen molar-refractivity contribution < 1.29 is 4.21 Å². The van der Waals surface area contributed by atoms with E-state index in [4.69, 9.17) is 17.3 Å². The number of halogens is 1. The maximum Gasteiger partial charge on any atom is 0.250 e. The van der Waals surface area contributed by atoms with E-state index in [0.717, 1.165) is 0 Å². The molecule has 0 saturated heterocycles. The summed E-state index contributed by atoms with van der Waals surface area (Å²) in [7, 11) is -1.26. The number of nitrogens with zero attached hydrogens (tertiary/aromatic N) is 1. The molecule has 0 bridgehead atoms. The summed E-state index contributed by atoms with van der Waals surface area (Å²) in [5.41, 5.74) is 6.01. The Labute approximate surface area is 118 Å². The normalized spacial score (nSPS) is 12.3. The summed E-state index contributed by atoms with van der Waals surface area (Å²) in [5.74, 6) is 0.327. The highest BCUT2D eigenvalue weighted by atomic mass is 35.5. The molecule has 0 aliphatic carbocycles. The van der Waals surface area contributed by atoms with Crippen molar-refractivity contribution in [2.24, 2.45) is 0 Å². The van der Waals surface area contributed by atoms with E-state index in [0.29, 0.717) is 27.9 Å². The molecule has 2 N–H and O–H groups in total. The minimum Gasteiger partial charge on any atom is -0.399 e. The van der Waals surface area contributed by atoms with Crippen molar-refractivity contribution in [3.8, 4) is 0 Å². The number of hydrogen-bond acceptors (Lipinski definition) is 3. The molecular weight excluding hydrogens is 284 g/mol. The third-order valence-electron chi connectivity index (χ3n) is 2.62. The standard InChI is InChI=1S/C13H13ClN2O2S/c14-11-9-10(15)4-5-12(11)19(18)8-7-16-6-2-1-3-13(16)17/h1-6,9H,7-8,15H2. The maximum atomic E-state index is 12.1. The van der Waals surface area contributed by atoms with E-state index in [2.05, 4.69) is 0 Å². The Morgan fingerprint density at radius 1 is 1.26 bits per heavy atom. The van der Waals surface area contributed by atoms with Gasteiger partial charge in [0.15, 0.2) is 0 Å². The lowest BCUT2D eigenvalue weighted by molar-refractivity contribution is 0.669. The first kappa shape index (κ1) is 13.8. The van der Waals surface area contributed by atoms with Crippen LogP contribution in [-0.2, 0) is 17.3 Å². The topological polar surface area (TPSA) is 65.1 Å². The van der Waals surface area contributed by atoms with Crippen molar-refractivity contribution in [1.82, 2.24) is 4.57 Å². The molecule has 0 spiro atoms.